The van der Waals surface area contributed by atoms with Crippen LogP contribution in [0, 0.1) is 5.92 Å². The third kappa shape index (κ3) is 4.85. The summed E-state index contributed by atoms with van der Waals surface area (Å²) in [6.07, 6.45) is 5.76. The first-order chi connectivity index (χ1) is 13.6. The number of nitrogens with zero attached hydrogens (tertiary/aromatic N) is 3. The minimum atomic E-state index is -0.165. The van der Waals surface area contributed by atoms with E-state index in [4.69, 9.17) is 0 Å². The molecule has 1 aromatic carbocycles. The Morgan fingerprint density at radius 1 is 1.14 bits per heavy atom. The lowest BCUT2D eigenvalue weighted by Gasteiger charge is -2.31. The highest BCUT2D eigenvalue weighted by Gasteiger charge is 2.27. The summed E-state index contributed by atoms with van der Waals surface area (Å²) < 4.78 is 0. The largest absolute Gasteiger partial charge is 0.350 e. The van der Waals surface area contributed by atoms with Crippen molar-refractivity contribution in [2.24, 2.45) is 5.92 Å². The molecule has 0 saturated carbocycles. The SMILES string of the molecule is CC[C@H](C)NC(=O)c1ccccc1NC(=O)C1CCN(c2ncccn2)CC1. The number of hydrogen-bond acceptors (Lipinski definition) is 5. The molecule has 0 unspecified atom stereocenters. The van der Waals surface area contributed by atoms with Gasteiger partial charge >= 0.3 is 0 Å². The maximum atomic E-state index is 12.8. The quantitative estimate of drug-likeness (QED) is 0.803. The van der Waals surface area contributed by atoms with Crippen LogP contribution in [0.3, 0.4) is 0 Å². The Balaban J connectivity index is 1.61. The van der Waals surface area contributed by atoms with Crippen molar-refractivity contribution < 1.29 is 9.59 Å². The number of amides is 2. The van der Waals surface area contributed by atoms with Crippen LogP contribution in [-0.2, 0) is 4.79 Å². The van der Waals surface area contributed by atoms with Crippen LogP contribution in [0.1, 0.15) is 43.5 Å². The molecule has 0 aliphatic carbocycles. The molecule has 2 aromatic rings. The average molecular weight is 381 g/mol. The topological polar surface area (TPSA) is 87.2 Å². The zero-order valence-corrected chi connectivity index (χ0v) is 16.4. The Labute approximate surface area is 165 Å². The van der Waals surface area contributed by atoms with Crippen molar-refractivity contribution in [2.75, 3.05) is 23.3 Å². The highest BCUT2D eigenvalue weighted by molar-refractivity contribution is 6.04. The van der Waals surface area contributed by atoms with Crippen LogP contribution in [-0.4, -0.2) is 40.9 Å². The van der Waals surface area contributed by atoms with Gasteiger partial charge in [0.25, 0.3) is 5.91 Å². The van der Waals surface area contributed by atoms with Crippen LogP contribution >= 0.6 is 0 Å². The van der Waals surface area contributed by atoms with Crippen molar-refractivity contribution in [2.45, 2.75) is 39.2 Å². The molecule has 1 fully saturated rings. The first kappa shape index (κ1) is 19.8. The molecular formula is C21H27N5O2. The fraction of sp³-hybridized carbons (Fsp3) is 0.429. The summed E-state index contributed by atoms with van der Waals surface area (Å²) in [6, 6.07) is 9.02. The van der Waals surface area contributed by atoms with E-state index in [1.165, 1.54) is 0 Å². The van der Waals surface area contributed by atoms with Gasteiger partial charge in [-0.25, -0.2) is 9.97 Å². The predicted octanol–water partition coefficient (Wildman–Crippen LogP) is 2.86. The van der Waals surface area contributed by atoms with E-state index in [-0.39, 0.29) is 23.8 Å². The van der Waals surface area contributed by atoms with Gasteiger partial charge in [-0.1, -0.05) is 19.1 Å². The minimum absolute atomic E-state index is 0.0441. The van der Waals surface area contributed by atoms with Crippen molar-refractivity contribution in [3.63, 3.8) is 0 Å². The molecule has 1 atom stereocenters. The van der Waals surface area contributed by atoms with Crippen LogP contribution in [0.15, 0.2) is 42.7 Å². The van der Waals surface area contributed by atoms with E-state index in [2.05, 4.69) is 25.5 Å². The lowest BCUT2D eigenvalue weighted by Crippen LogP contribution is -2.39. The van der Waals surface area contributed by atoms with Crippen molar-refractivity contribution in [1.82, 2.24) is 15.3 Å². The summed E-state index contributed by atoms with van der Waals surface area (Å²) in [7, 11) is 0. The normalized spacial score (nSPS) is 15.7. The molecule has 0 spiro atoms. The van der Waals surface area contributed by atoms with Gasteiger partial charge in [0.2, 0.25) is 11.9 Å². The second-order valence-electron chi connectivity index (χ2n) is 7.13. The molecule has 28 heavy (non-hydrogen) atoms. The standard InChI is InChI=1S/C21H27N5O2/c1-3-15(2)24-20(28)17-7-4-5-8-18(17)25-19(27)16-9-13-26(14-10-16)21-22-11-6-12-23-21/h4-8,11-12,15-16H,3,9-10,13-14H2,1-2H3,(H,24,28)(H,25,27)/t15-/m0/s1. The van der Waals surface area contributed by atoms with Gasteiger partial charge in [-0.15, -0.1) is 0 Å². The molecule has 0 bridgehead atoms. The lowest BCUT2D eigenvalue weighted by molar-refractivity contribution is -0.120. The maximum absolute atomic E-state index is 12.8. The second kappa shape index (κ2) is 9.30. The Bertz CT molecular complexity index is 803. The Hall–Kier alpha value is -2.96. The van der Waals surface area contributed by atoms with E-state index in [0.29, 0.717) is 17.2 Å². The van der Waals surface area contributed by atoms with Gasteiger partial charge in [0.15, 0.2) is 0 Å². The Morgan fingerprint density at radius 3 is 2.50 bits per heavy atom. The van der Waals surface area contributed by atoms with E-state index >= 15 is 0 Å². The monoisotopic (exact) mass is 381 g/mol. The minimum Gasteiger partial charge on any atom is -0.350 e. The molecule has 2 amide bonds. The summed E-state index contributed by atoms with van der Waals surface area (Å²) >= 11 is 0. The van der Waals surface area contributed by atoms with Crippen molar-refractivity contribution in [1.29, 1.82) is 0 Å². The molecule has 1 aliphatic heterocycles. The van der Waals surface area contributed by atoms with E-state index in [0.717, 1.165) is 32.4 Å². The zero-order valence-electron chi connectivity index (χ0n) is 16.4. The van der Waals surface area contributed by atoms with Crippen LogP contribution in [0.25, 0.3) is 0 Å². The predicted molar refractivity (Wildman–Crippen MR) is 109 cm³/mol. The average Bonchev–Trinajstić information content (AvgIpc) is 2.74. The number of hydrogen-bond donors (Lipinski definition) is 2. The lowest BCUT2D eigenvalue weighted by atomic mass is 9.96. The highest BCUT2D eigenvalue weighted by atomic mass is 16.2. The highest BCUT2D eigenvalue weighted by Crippen LogP contribution is 2.23. The van der Waals surface area contributed by atoms with E-state index in [9.17, 15) is 9.59 Å². The molecule has 1 aliphatic rings. The fourth-order valence-electron chi connectivity index (χ4n) is 3.22. The van der Waals surface area contributed by atoms with Gasteiger partial charge in [-0.2, -0.15) is 0 Å². The smallest absolute Gasteiger partial charge is 0.253 e. The number of benzene rings is 1. The first-order valence-electron chi connectivity index (χ1n) is 9.81. The number of carbonyl (C=O) groups is 2. The van der Waals surface area contributed by atoms with Crippen molar-refractivity contribution >= 4 is 23.5 Å². The fourth-order valence-corrected chi connectivity index (χ4v) is 3.22. The van der Waals surface area contributed by atoms with Gasteiger partial charge in [0, 0.05) is 37.4 Å². The van der Waals surface area contributed by atoms with Crippen LogP contribution in [0.2, 0.25) is 0 Å². The van der Waals surface area contributed by atoms with E-state index < -0.39 is 0 Å². The number of rotatable bonds is 6. The molecule has 1 aromatic heterocycles. The van der Waals surface area contributed by atoms with Crippen LogP contribution < -0.4 is 15.5 Å². The third-order valence-corrected chi connectivity index (χ3v) is 5.12. The molecule has 7 nitrogen and oxygen atoms in total. The third-order valence-electron chi connectivity index (χ3n) is 5.12. The van der Waals surface area contributed by atoms with Gasteiger partial charge in [0.05, 0.1) is 11.3 Å². The number of carbonyl (C=O) groups excluding carboxylic acids is 2. The molecule has 2 heterocycles. The molecule has 7 heteroatoms. The van der Waals surface area contributed by atoms with Crippen LogP contribution in [0.5, 0.6) is 0 Å². The number of nitrogens with one attached hydrogen (secondary N) is 2. The summed E-state index contributed by atoms with van der Waals surface area (Å²) in [5.74, 6) is 0.401. The van der Waals surface area contributed by atoms with Gasteiger partial charge in [0.1, 0.15) is 0 Å². The van der Waals surface area contributed by atoms with E-state index in [1.807, 2.05) is 19.9 Å². The van der Waals surface area contributed by atoms with Gasteiger partial charge < -0.3 is 15.5 Å². The molecule has 2 N–H and O–H groups in total. The van der Waals surface area contributed by atoms with Gasteiger partial charge in [-0.05, 0) is 44.4 Å². The van der Waals surface area contributed by atoms with Crippen molar-refractivity contribution in [3.05, 3.63) is 48.3 Å². The second-order valence-corrected chi connectivity index (χ2v) is 7.13. The summed E-state index contributed by atoms with van der Waals surface area (Å²) in [5.41, 5.74) is 1.05. The number of piperidine rings is 1. The molecule has 1 saturated heterocycles. The molecule has 148 valence electrons. The first-order valence-corrected chi connectivity index (χ1v) is 9.81. The Morgan fingerprint density at radius 2 is 1.82 bits per heavy atom. The summed E-state index contributed by atoms with van der Waals surface area (Å²) in [5, 5.41) is 5.91. The van der Waals surface area contributed by atoms with E-state index in [1.54, 1.807) is 36.7 Å². The summed E-state index contributed by atoms with van der Waals surface area (Å²) in [4.78, 5) is 35.9. The number of aromatic nitrogens is 2. The zero-order chi connectivity index (χ0) is 19.9. The molecule has 0 radical (unpaired) electrons. The maximum Gasteiger partial charge on any atom is 0.253 e. The number of para-hydroxylation sites is 1. The van der Waals surface area contributed by atoms with Crippen molar-refractivity contribution in [3.8, 4) is 0 Å². The molecule has 3 rings (SSSR count). The summed E-state index contributed by atoms with van der Waals surface area (Å²) in [6.45, 7) is 5.45. The van der Waals surface area contributed by atoms with Gasteiger partial charge in [-0.3, -0.25) is 9.59 Å². The molecular weight excluding hydrogens is 354 g/mol. The Kier molecular flexibility index (Phi) is 6.57. The number of anilines is 2. The van der Waals surface area contributed by atoms with Crippen LogP contribution in [0.4, 0.5) is 11.6 Å².